The lowest BCUT2D eigenvalue weighted by Gasteiger charge is -2.10. The van der Waals surface area contributed by atoms with Gasteiger partial charge in [0, 0.05) is 17.4 Å². The second kappa shape index (κ2) is 8.19. The minimum atomic E-state index is -0.529. The summed E-state index contributed by atoms with van der Waals surface area (Å²) in [7, 11) is 0. The van der Waals surface area contributed by atoms with Gasteiger partial charge in [-0.2, -0.15) is 0 Å². The number of anilines is 2. The minimum Gasteiger partial charge on any atom is -0.489 e. The van der Waals surface area contributed by atoms with Crippen molar-refractivity contribution in [1.29, 1.82) is 0 Å². The predicted molar refractivity (Wildman–Crippen MR) is 90.7 cm³/mol. The summed E-state index contributed by atoms with van der Waals surface area (Å²) < 4.78 is 18.5. The van der Waals surface area contributed by atoms with Crippen LogP contribution >= 0.6 is 11.6 Å². The molecule has 0 fully saturated rings. The maximum absolute atomic E-state index is 13.1. The third-order valence-electron chi connectivity index (χ3n) is 2.86. The van der Waals surface area contributed by atoms with E-state index in [-0.39, 0.29) is 17.5 Å². The number of nitrogens with one attached hydrogen (secondary N) is 2. The highest BCUT2D eigenvalue weighted by Gasteiger charge is 2.05. The standard InChI is InChI=1S/C17H16ClFN2O2/c1-2-8-23-14-5-3-4-12(9-14)20-11-17(22)21-13-6-7-16(19)15(18)10-13/h2-7,9-10,20H,1,8,11H2,(H,21,22). The Morgan fingerprint density at radius 3 is 2.83 bits per heavy atom. The Bertz CT molecular complexity index is 707. The first-order chi connectivity index (χ1) is 11.1. The van der Waals surface area contributed by atoms with Gasteiger partial charge in [0.15, 0.2) is 0 Å². The lowest BCUT2D eigenvalue weighted by atomic mass is 10.3. The first-order valence-electron chi connectivity index (χ1n) is 6.91. The van der Waals surface area contributed by atoms with Gasteiger partial charge in [-0.25, -0.2) is 4.39 Å². The summed E-state index contributed by atoms with van der Waals surface area (Å²) in [6.45, 7) is 4.05. The monoisotopic (exact) mass is 334 g/mol. The number of ether oxygens (including phenoxy) is 1. The number of benzene rings is 2. The first-order valence-corrected chi connectivity index (χ1v) is 7.29. The smallest absolute Gasteiger partial charge is 0.243 e. The van der Waals surface area contributed by atoms with Gasteiger partial charge < -0.3 is 15.4 Å². The molecule has 0 unspecified atom stereocenters. The molecule has 2 N–H and O–H groups in total. The van der Waals surface area contributed by atoms with Crippen molar-refractivity contribution < 1.29 is 13.9 Å². The second-order valence-electron chi connectivity index (χ2n) is 4.66. The van der Waals surface area contributed by atoms with Gasteiger partial charge in [-0.05, 0) is 30.3 Å². The largest absolute Gasteiger partial charge is 0.489 e. The van der Waals surface area contributed by atoms with E-state index >= 15 is 0 Å². The van der Waals surface area contributed by atoms with Gasteiger partial charge >= 0.3 is 0 Å². The molecule has 2 aromatic carbocycles. The molecule has 0 atom stereocenters. The molecule has 6 heteroatoms. The Labute approximate surface area is 138 Å². The predicted octanol–water partition coefficient (Wildman–Crippen LogP) is 4.09. The molecule has 120 valence electrons. The SMILES string of the molecule is C=CCOc1cccc(NCC(=O)Nc2ccc(F)c(Cl)c2)c1. The summed E-state index contributed by atoms with van der Waals surface area (Å²) in [4.78, 5) is 11.9. The summed E-state index contributed by atoms with van der Waals surface area (Å²) in [6, 6.07) is 11.2. The molecular formula is C17H16ClFN2O2. The van der Waals surface area contributed by atoms with Crippen molar-refractivity contribution in [3.8, 4) is 5.75 Å². The van der Waals surface area contributed by atoms with Crippen LogP contribution in [0.2, 0.25) is 5.02 Å². The summed E-state index contributed by atoms with van der Waals surface area (Å²) in [6.07, 6.45) is 1.65. The topological polar surface area (TPSA) is 50.4 Å². The fourth-order valence-corrected chi connectivity index (χ4v) is 1.99. The molecule has 0 aliphatic rings. The van der Waals surface area contributed by atoms with Crippen LogP contribution in [0.3, 0.4) is 0 Å². The van der Waals surface area contributed by atoms with E-state index in [1.807, 2.05) is 18.2 Å². The van der Waals surface area contributed by atoms with Gasteiger partial charge in [-0.15, -0.1) is 0 Å². The maximum atomic E-state index is 13.1. The van der Waals surface area contributed by atoms with Crippen LogP contribution in [0.5, 0.6) is 5.75 Å². The number of hydrogen-bond acceptors (Lipinski definition) is 3. The fraction of sp³-hybridized carbons (Fsp3) is 0.118. The molecule has 1 amide bonds. The normalized spacial score (nSPS) is 10.0. The number of amides is 1. The van der Waals surface area contributed by atoms with E-state index in [0.29, 0.717) is 18.0 Å². The molecule has 0 aromatic heterocycles. The van der Waals surface area contributed by atoms with Gasteiger partial charge in [0.05, 0.1) is 11.6 Å². The highest BCUT2D eigenvalue weighted by molar-refractivity contribution is 6.31. The van der Waals surface area contributed by atoms with Gasteiger partial charge in [-0.1, -0.05) is 30.3 Å². The summed E-state index contributed by atoms with van der Waals surface area (Å²) in [5.74, 6) is -0.121. The number of hydrogen-bond donors (Lipinski definition) is 2. The first kappa shape index (κ1) is 16.8. The van der Waals surface area contributed by atoms with Crippen LogP contribution in [0.25, 0.3) is 0 Å². The van der Waals surface area contributed by atoms with Crippen LogP contribution in [-0.2, 0) is 4.79 Å². The average molecular weight is 335 g/mol. The number of halogens is 2. The van der Waals surface area contributed by atoms with Crippen LogP contribution in [0.4, 0.5) is 15.8 Å². The molecule has 0 heterocycles. The summed E-state index contributed by atoms with van der Waals surface area (Å²) in [5, 5.41) is 5.58. The Balaban J connectivity index is 1.88. The van der Waals surface area contributed by atoms with Crippen molar-refractivity contribution in [2.24, 2.45) is 0 Å². The van der Waals surface area contributed by atoms with E-state index in [2.05, 4.69) is 17.2 Å². The molecule has 2 aromatic rings. The molecule has 23 heavy (non-hydrogen) atoms. The third-order valence-corrected chi connectivity index (χ3v) is 3.15. The highest BCUT2D eigenvalue weighted by atomic mass is 35.5. The minimum absolute atomic E-state index is 0.0390. The van der Waals surface area contributed by atoms with Crippen LogP contribution in [0.1, 0.15) is 0 Å². The summed E-state index contributed by atoms with van der Waals surface area (Å²) in [5.41, 5.74) is 1.19. The van der Waals surface area contributed by atoms with Crippen LogP contribution in [0, 0.1) is 5.82 Å². The highest BCUT2D eigenvalue weighted by Crippen LogP contribution is 2.20. The van der Waals surface area contributed by atoms with Crippen molar-refractivity contribution in [3.63, 3.8) is 0 Å². The van der Waals surface area contributed by atoms with Crippen LogP contribution in [-0.4, -0.2) is 19.1 Å². The molecular weight excluding hydrogens is 319 g/mol. The zero-order chi connectivity index (χ0) is 16.7. The molecule has 0 saturated heterocycles. The molecule has 0 bridgehead atoms. The Morgan fingerprint density at radius 1 is 1.26 bits per heavy atom. The lowest BCUT2D eigenvalue weighted by Crippen LogP contribution is -2.21. The van der Waals surface area contributed by atoms with Gasteiger partial charge in [0.1, 0.15) is 18.2 Å². The number of rotatable bonds is 7. The molecule has 0 saturated carbocycles. The quantitative estimate of drug-likeness (QED) is 0.750. The fourth-order valence-electron chi connectivity index (χ4n) is 1.81. The van der Waals surface area contributed by atoms with E-state index < -0.39 is 5.82 Å². The van der Waals surface area contributed by atoms with Crippen molar-refractivity contribution in [3.05, 3.63) is 66.0 Å². The average Bonchev–Trinajstić information content (AvgIpc) is 2.55. The molecule has 2 rings (SSSR count). The van der Waals surface area contributed by atoms with Crippen LogP contribution < -0.4 is 15.4 Å². The van der Waals surface area contributed by atoms with Crippen molar-refractivity contribution in [2.75, 3.05) is 23.8 Å². The van der Waals surface area contributed by atoms with Crippen LogP contribution in [0.15, 0.2) is 55.1 Å². The molecule has 0 aliphatic heterocycles. The van der Waals surface area contributed by atoms with E-state index in [4.69, 9.17) is 16.3 Å². The zero-order valence-corrected chi connectivity index (χ0v) is 13.1. The van der Waals surface area contributed by atoms with Gasteiger partial charge in [0.25, 0.3) is 0 Å². The zero-order valence-electron chi connectivity index (χ0n) is 12.3. The van der Waals surface area contributed by atoms with E-state index in [0.717, 1.165) is 5.69 Å². The van der Waals surface area contributed by atoms with E-state index in [1.165, 1.54) is 18.2 Å². The van der Waals surface area contributed by atoms with Crippen molar-refractivity contribution >= 4 is 28.9 Å². The second-order valence-corrected chi connectivity index (χ2v) is 5.07. The van der Waals surface area contributed by atoms with E-state index in [9.17, 15) is 9.18 Å². The number of carbonyl (C=O) groups is 1. The van der Waals surface area contributed by atoms with Gasteiger partial charge in [-0.3, -0.25) is 4.79 Å². The Hall–Kier alpha value is -2.53. The lowest BCUT2D eigenvalue weighted by molar-refractivity contribution is -0.114. The van der Waals surface area contributed by atoms with Gasteiger partial charge in [0.2, 0.25) is 5.91 Å². The Kier molecular flexibility index (Phi) is 6.00. The summed E-state index contributed by atoms with van der Waals surface area (Å²) >= 11 is 5.67. The van der Waals surface area contributed by atoms with E-state index in [1.54, 1.807) is 12.1 Å². The molecule has 0 aliphatic carbocycles. The van der Waals surface area contributed by atoms with Crippen molar-refractivity contribution in [2.45, 2.75) is 0 Å². The molecule has 0 radical (unpaired) electrons. The number of carbonyl (C=O) groups excluding carboxylic acids is 1. The molecule has 4 nitrogen and oxygen atoms in total. The van der Waals surface area contributed by atoms with Crippen molar-refractivity contribution in [1.82, 2.24) is 0 Å². The maximum Gasteiger partial charge on any atom is 0.243 e. The molecule has 0 spiro atoms. The Morgan fingerprint density at radius 2 is 2.09 bits per heavy atom. The third kappa shape index (κ3) is 5.30.